The first-order chi connectivity index (χ1) is 9.08. The third kappa shape index (κ3) is 3.47. The Morgan fingerprint density at radius 3 is 2.47 bits per heavy atom. The lowest BCUT2D eigenvalue weighted by Crippen LogP contribution is -2.31. The van der Waals surface area contributed by atoms with E-state index in [9.17, 15) is 4.39 Å². The van der Waals surface area contributed by atoms with E-state index in [4.69, 9.17) is 26.4 Å². The van der Waals surface area contributed by atoms with Crippen LogP contribution in [0.15, 0.2) is 42.5 Å². The third-order valence-electron chi connectivity index (χ3n) is 2.55. The van der Waals surface area contributed by atoms with Crippen molar-refractivity contribution in [1.82, 2.24) is 0 Å². The molecule has 3 nitrogen and oxygen atoms in total. The number of hydrogen-bond donors (Lipinski definition) is 2. The number of rotatable bonds is 4. The maximum absolute atomic E-state index is 13.3. The van der Waals surface area contributed by atoms with Crippen LogP contribution >= 0.6 is 11.6 Å². The molecule has 0 bridgehead atoms. The van der Waals surface area contributed by atoms with Crippen LogP contribution in [-0.4, -0.2) is 17.2 Å². The molecule has 0 amide bonds. The van der Waals surface area contributed by atoms with Crippen LogP contribution in [-0.2, 0) is 6.61 Å². The first-order valence-corrected chi connectivity index (χ1v) is 5.97. The van der Waals surface area contributed by atoms with Gasteiger partial charge in [-0.05, 0) is 11.6 Å². The fraction of sp³-hybridized carbons (Fsp3) is 0.0769. The highest BCUT2D eigenvalue weighted by Crippen LogP contribution is 2.24. The smallest absolute Gasteiger partial charge is 0.487 e. The van der Waals surface area contributed by atoms with E-state index < -0.39 is 12.9 Å². The minimum atomic E-state index is -1.85. The number of benzene rings is 2. The van der Waals surface area contributed by atoms with Gasteiger partial charge in [-0.15, -0.1) is 0 Å². The second-order valence-electron chi connectivity index (χ2n) is 3.96. The molecule has 0 saturated heterocycles. The van der Waals surface area contributed by atoms with Gasteiger partial charge in [-0.3, -0.25) is 0 Å². The molecule has 2 aromatic rings. The second-order valence-corrected chi connectivity index (χ2v) is 4.33. The van der Waals surface area contributed by atoms with Crippen LogP contribution in [0.5, 0.6) is 5.75 Å². The van der Waals surface area contributed by atoms with Crippen LogP contribution in [0.2, 0.25) is 5.02 Å². The molecule has 2 N–H and O–H groups in total. The molecule has 0 aliphatic rings. The van der Waals surface area contributed by atoms with Gasteiger partial charge < -0.3 is 14.8 Å². The van der Waals surface area contributed by atoms with Crippen molar-refractivity contribution in [2.75, 3.05) is 0 Å². The summed E-state index contributed by atoms with van der Waals surface area (Å²) in [6.07, 6.45) is 0. The topological polar surface area (TPSA) is 49.7 Å². The van der Waals surface area contributed by atoms with Crippen LogP contribution in [0.25, 0.3) is 0 Å². The molecule has 0 spiro atoms. The molecule has 0 radical (unpaired) electrons. The molecule has 0 aliphatic carbocycles. The van der Waals surface area contributed by atoms with E-state index in [-0.39, 0.29) is 22.8 Å². The highest BCUT2D eigenvalue weighted by atomic mass is 35.5. The van der Waals surface area contributed by atoms with Gasteiger partial charge in [-0.1, -0.05) is 41.9 Å². The molecule has 98 valence electrons. The number of ether oxygens (including phenoxy) is 1. The standard InChI is InChI=1S/C13H11BClFO3/c15-13-11(14(17)18)6-10(16)7-12(13)19-8-9-4-2-1-3-5-9/h1-7,17-18H,8H2. The van der Waals surface area contributed by atoms with Crippen molar-refractivity contribution in [2.24, 2.45) is 0 Å². The van der Waals surface area contributed by atoms with E-state index in [1.165, 1.54) is 0 Å². The molecule has 0 atom stereocenters. The largest absolute Gasteiger partial charge is 0.490 e. The molecule has 2 rings (SSSR count). The van der Waals surface area contributed by atoms with Crippen LogP contribution in [0.1, 0.15) is 5.56 Å². The second kappa shape index (κ2) is 6.06. The Morgan fingerprint density at radius 2 is 1.84 bits per heavy atom. The Labute approximate surface area is 115 Å². The minimum absolute atomic E-state index is 0.00710. The molecular formula is C13H11BClFO3. The Kier molecular flexibility index (Phi) is 4.42. The summed E-state index contributed by atoms with van der Waals surface area (Å²) in [5.74, 6) is -0.566. The first kappa shape index (κ1) is 13.9. The molecule has 0 heterocycles. The molecule has 0 unspecified atom stereocenters. The van der Waals surface area contributed by atoms with Crippen molar-refractivity contribution in [1.29, 1.82) is 0 Å². The molecule has 0 aliphatic heterocycles. The zero-order chi connectivity index (χ0) is 13.8. The predicted octanol–water partition coefficient (Wildman–Crippen LogP) is 1.74. The Morgan fingerprint density at radius 1 is 1.16 bits per heavy atom. The van der Waals surface area contributed by atoms with Gasteiger partial charge in [0.15, 0.2) is 0 Å². The summed E-state index contributed by atoms with van der Waals surface area (Å²) in [7, 11) is -1.85. The van der Waals surface area contributed by atoms with E-state index in [0.29, 0.717) is 0 Å². The number of halogens is 2. The van der Waals surface area contributed by atoms with E-state index in [0.717, 1.165) is 17.7 Å². The van der Waals surface area contributed by atoms with Gasteiger partial charge in [-0.2, -0.15) is 0 Å². The molecule has 0 saturated carbocycles. The van der Waals surface area contributed by atoms with Crippen LogP contribution < -0.4 is 10.2 Å². The van der Waals surface area contributed by atoms with E-state index in [1.807, 2.05) is 30.3 Å². The maximum Gasteiger partial charge on any atom is 0.490 e. The van der Waals surface area contributed by atoms with Crippen molar-refractivity contribution < 1.29 is 19.2 Å². The third-order valence-corrected chi connectivity index (χ3v) is 2.95. The minimum Gasteiger partial charge on any atom is -0.487 e. The van der Waals surface area contributed by atoms with Gasteiger partial charge in [0.25, 0.3) is 0 Å². The lowest BCUT2D eigenvalue weighted by atomic mass is 9.80. The molecule has 6 heteroatoms. The Bertz CT molecular complexity index is 563. The highest BCUT2D eigenvalue weighted by molar-refractivity contribution is 6.63. The monoisotopic (exact) mass is 280 g/mol. The van der Waals surface area contributed by atoms with Gasteiger partial charge in [0.2, 0.25) is 0 Å². The van der Waals surface area contributed by atoms with Crippen molar-refractivity contribution in [3.8, 4) is 5.75 Å². The van der Waals surface area contributed by atoms with Gasteiger partial charge in [0.05, 0.1) is 5.02 Å². The summed E-state index contributed by atoms with van der Waals surface area (Å²) in [5.41, 5.74) is 0.777. The van der Waals surface area contributed by atoms with E-state index in [2.05, 4.69) is 0 Å². The van der Waals surface area contributed by atoms with Crippen LogP contribution in [0.3, 0.4) is 0 Å². The zero-order valence-corrected chi connectivity index (χ0v) is 10.6. The molecule has 0 aromatic heterocycles. The normalized spacial score (nSPS) is 10.3. The lowest BCUT2D eigenvalue weighted by Gasteiger charge is -2.11. The van der Waals surface area contributed by atoms with Gasteiger partial charge in [0.1, 0.15) is 18.2 Å². The van der Waals surface area contributed by atoms with Gasteiger partial charge >= 0.3 is 7.12 Å². The van der Waals surface area contributed by atoms with Crippen molar-refractivity contribution in [3.63, 3.8) is 0 Å². The predicted molar refractivity (Wildman–Crippen MR) is 72.0 cm³/mol. The molecule has 0 fully saturated rings. The van der Waals surface area contributed by atoms with E-state index >= 15 is 0 Å². The SMILES string of the molecule is OB(O)c1cc(F)cc(OCc2ccccc2)c1Cl. The van der Waals surface area contributed by atoms with E-state index in [1.54, 1.807) is 0 Å². The van der Waals surface area contributed by atoms with Crippen LogP contribution in [0, 0.1) is 5.82 Å². The summed E-state index contributed by atoms with van der Waals surface area (Å²) in [6.45, 7) is 0.213. The van der Waals surface area contributed by atoms with Crippen molar-refractivity contribution >= 4 is 24.2 Å². The lowest BCUT2D eigenvalue weighted by molar-refractivity contribution is 0.305. The highest BCUT2D eigenvalue weighted by Gasteiger charge is 2.20. The summed E-state index contributed by atoms with van der Waals surface area (Å²) in [6, 6.07) is 11.4. The Balaban J connectivity index is 2.21. The molecule has 19 heavy (non-hydrogen) atoms. The molecular weight excluding hydrogens is 269 g/mol. The maximum atomic E-state index is 13.3. The summed E-state index contributed by atoms with van der Waals surface area (Å²) in [4.78, 5) is 0. The molecule has 2 aromatic carbocycles. The van der Waals surface area contributed by atoms with Crippen molar-refractivity contribution in [2.45, 2.75) is 6.61 Å². The zero-order valence-electron chi connectivity index (χ0n) is 9.88. The first-order valence-electron chi connectivity index (χ1n) is 5.59. The Hall–Kier alpha value is -1.56. The average molecular weight is 280 g/mol. The quantitative estimate of drug-likeness (QED) is 0.839. The van der Waals surface area contributed by atoms with Gasteiger partial charge in [0, 0.05) is 11.5 Å². The fourth-order valence-corrected chi connectivity index (χ4v) is 1.87. The summed E-state index contributed by atoms with van der Waals surface area (Å²) < 4.78 is 18.7. The summed E-state index contributed by atoms with van der Waals surface area (Å²) in [5, 5.41) is 18.2. The fourth-order valence-electron chi connectivity index (χ4n) is 1.61. The van der Waals surface area contributed by atoms with Crippen LogP contribution in [0.4, 0.5) is 4.39 Å². The van der Waals surface area contributed by atoms with Crippen molar-refractivity contribution in [3.05, 3.63) is 58.9 Å². The average Bonchev–Trinajstić information content (AvgIpc) is 2.40. The summed E-state index contributed by atoms with van der Waals surface area (Å²) >= 11 is 5.93. The van der Waals surface area contributed by atoms with Gasteiger partial charge in [-0.25, -0.2) is 4.39 Å². The number of hydrogen-bond acceptors (Lipinski definition) is 3.